The van der Waals surface area contributed by atoms with Gasteiger partial charge in [0.05, 0.1) is 0 Å². The van der Waals surface area contributed by atoms with Gasteiger partial charge in [-0.2, -0.15) is 0 Å². The van der Waals surface area contributed by atoms with Gasteiger partial charge >= 0.3 is 0 Å². The van der Waals surface area contributed by atoms with E-state index in [9.17, 15) is 0 Å². The molecule has 0 aromatic heterocycles. The lowest BCUT2D eigenvalue weighted by Crippen LogP contribution is -2.35. The molecular formula is C17H28N4. The molecule has 4 nitrogen and oxygen atoms in total. The Hall–Kier alpha value is -1.55. The lowest BCUT2D eigenvalue weighted by molar-refractivity contribution is 0.181. The first-order valence-corrected chi connectivity index (χ1v) is 8.08. The minimum Gasteiger partial charge on any atom is -0.370 e. The third-order valence-electron chi connectivity index (χ3n) is 3.95. The lowest BCUT2D eigenvalue weighted by Gasteiger charge is -2.30. The van der Waals surface area contributed by atoms with Crippen molar-refractivity contribution in [2.45, 2.75) is 32.6 Å². The smallest absolute Gasteiger partial charge is 0.193 e. The molecule has 0 spiro atoms. The molecule has 1 atom stereocenters. The molecule has 0 aliphatic carbocycles. The maximum absolute atomic E-state index is 5.88. The molecule has 0 radical (unpaired) electrons. The van der Waals surface area contributed by atoms with Gasteiger partial charge in [0.1, 0.15) is 0 Å². The van der Waals surface area contributed by atoms with Crippen LogP contribution in [-0.4, -0.2) is 37.0 Å². The highest BCUT2D eigenvalue weighted by atomic mass is 15.1. The number of piperidine rings is 1. The molecule has 1 unspecified atom stereocenters. The molecule has 0 amide bonds. The second-order valence-electron chi connectivity index (χ2n) is 6.01. The van der Waals surface area contributed by atoms with Gasteiger partial charge in [-0.1, -0.05) is 25.1 Å². The number of anilines is 1. The van der Waals surface area contributed by atoms with E-state index < -0.39 is 0 Å². The lowest BCUT2D eigenvalue weighted by atomic mass is 10.0. The van der Waals surface area contributed by atoms with E-state index in [0.717, 1.165) is 24.6 Å². The Morgan fingerprint density at radius 1 is 1.33 bits per heavy atom. The quantitative estimate of drug-likeness (QED) is 0.481. The third kappa shape index (κ3) is 6.17. The zero-order valence-electron chi connectivity index (χ0n) is 13.1. The van der Waals surface area contributed by atoms with Crippen molar-refractivity contribution in [1.82, 2.24) is 4.90 Å². The van der Waals surface area contributed by atoms with E-state index >= 15 is 0 Å². The number of aliphatic imine (C=N–C) groups is 1. The van der Waals surface area contributed by atoms with Gasteiger partial charge in [-0.05, 0) is 56.8 Å². The van der Waals surface area contributed by atoms with Gasteiger partial charge in [0, 0.05) is 18.8 Å². The maximum Gasteiger partial charge on any atom is 0.193 e. The number of nitrogens with one attached hydrogen (secondary N) is 1. The van der Waals surface area contributed by atoms with Gasteiger partial charge in [0.25, 0.3) is 0 Å². The molecule has 1 aromatic carbocycles. The van der Waals surface area contributed by atoms with Gasteiger partial charge in [0.15, 0.2) is 5.96 Å². The Morgan fingerprint density at radius 2 is 2.14 bits per heavy atom. The summed E-state index contributed by atoms with van der Waals surface area (Å²) in [6.45, 7) is 6.89. The zero-order valence-corrected chi connectivity index (χ0v) is 13.1. The molecule has 21 heavy (non-hydrogen) atoms. The summed E-state index contributed by atoms with van der Waals surface area (Å²) in [6, 6.07) is 9.92. The first kappa shape index (κ1) is 15.8. The highest BCUT2D eigenvalue weighted by Gasteiger charge is 2.14. The number of para-hydroxylation sites is 1. The first-order valence-electron chi connectivity index (χ1n) is 8.08. The van der Waals surface area contributed by atoms with Crippen LogP contribution in [0, 0.1) is 5.92 Å². The minimum absolute atomic E-state index is 0.507. The summed E-state index contributed by atoms with van der Waals surface area (Å²) in [5.41, 5.74) is 6.86. The number of guanidine groups is 1. The number of nitrogens with zero attached hydrogens (tertiary/aromatic N) is 2. The van der Waals surface area contributed by atoms with Crippen LogP contribution in [0.5, 0.6) is 0 Å². The van der Waals surface area contributed by atoms with Crippen molar-refractivity contribution in [2.75, 3.05) is 31.5 Å². The van der Waals surface area contributed by atoms with Crippen molar-refractivity contribution in [3.05, 3.63) is 30.3 Å². The van der Waals surface area contributed by atoms with Crippen LogP contribution in [0.2, 0.25) is 0 Å². The third-order valence-corrected chi connectivity index (χ3v) is 3.95. The van der Waals surface area contributed by atoms with Crippen LogP contribution < -0.4 is 11.1 Å². The van der Waals surface area contributed by atoms with Crippen LogP contribution in [0.15, 0.2) is 35.3 Å². The zero-order chi connectivity index (χ0) is 14.9. The average molecular weight is 288 g/mol. The van der Waals surface area contributed by atoms with E-state index in [-0.39, 0.29) is 0 Å². The van der Waals surface area contributed by atoms with E-state index in [1.165, 1.54) is 38.9 Å². The summed E-state index contributed by atoms with van der Waals surface area (Å²) in [5, 5.41) is 3.11. The predicted octanol–water partition coefficient (Wildman–Crippen LogP) is 2.93. The van der Waals surface area contributed by atoms with Crippen molar-refractivity contribution < 1.29 is 0 Å². The summed E-state index contributed by atoms with van der Waals surface area (Å²) >= 11 is 0. The molecule has 1 aliphatic heterocycles. The monoisotopic (exact) mass is 288 g/mol. The maximum atomic E-state index is 5.88. The van der Waals surface area contributed by atoms with Crippen molar-refractivity contribution in [3.8, 4) is 0 Å². The van der Waals surface area contributed by atoms with Crippen LogP contribution in [-0.2, 0) is 0 Å². The Kier molecular flexibility index (Phi) is 6.54. The van der Waals surface area contributed by atoms with Crippen molar-refractivity contribution >= 4 is 11.6 Å². The second-order valence-corrected chi connectivity index (χ2v) is 6.01. The molecule has 1 saturated heterocycles. The number of benzene rings is 1. The number of nitrogens with two attached hydrogens (primary N) is 1. The summed E-state index contributed by atoms with van der Waals surface area (Å²) < 4.78 is 0. The topological polar surface area (TPSA) is 53.6 Å². The van der Waals surface area contributed by atoms with Gasteiger partial charge in [-0.15, -0.1) is 0 Å². The van der Waals surface area contributed by atoms with E-state index in [2.05, 4.69) is 22.1 Å². The fraction of sp³-hybridized carbons (Fsp3) is 0.588. The van der Waals surface area contributed by atoms with Crippen molar-refractivity contribution in [2.24, 2.45) is 16.6 Å². The van der Waals surface area contributed by atoms with E-state index in [1.807, 2.05) is 30.3 Å². The fourth-order valence-electron chi connectivity index (χ4n) is 2.85. The molecular weight excluding hydrogens is 260 g/mol. The van der Waals surface area contributed by atoms with Crippen LogP contribution in [0.1, 0.15) is 32.6 Å². The van der Waals surface area contributed by atoms with E-state index in [1.54, 1.807) is 0 Å². The molecule has 3 N–H and O–H groups in total. The Balaban J connectivity index is 1.59. The number of likely N-dealkylation sites (tertiary alicyclic amines) is 1. The normalized spacial score (nSPS) is 20.4. The number of hydrogen-bond donors (Lipinski definition) is 2. The summed E-state index contributed by atoms with van der Waals surface area (Å²) in [6.07, 6.45) is 5.05. The molecule has 116 valence electrons. The predicted molar refractivity (Wildman–Crippen MR) is 90.6 cm³/mol. The molecule has 0 saturated carbocycles. The van der Waals surface area contributed by atoms with Crippen molar-refractivity contribution in [1.29, 1.82) is 0 Å². The Bertz CT molecular complexity index is 430. The molecule has 1 fully saturated rings. The minimum atomic E-state index is 0.507. The van der Waals surface area contributed by atoms with E-state index in [4.69, 9.17) is 5.73 Å². The number of unbranched alkanes of at least 4 members (excludes halogenated alkanes) is 1. The second kappa shape index (κ2) is 8.67. The summed E-state index contributed by atoms with van der Waals surface area (Å²) in [4.78, 5) is 6.97. The van der Waals surface area contributed by atoms with E-state index in [0.29, 0.717) is 5.96 Å². The van der Waals surface area contributed by atoms with Crippen LogP contribution in [0.25, 0.3) is 0 Å². The number of rotatable bonds is 6. The molecule has 1 aromatic rings. The fourth-order valence-corrected chi connectivity index (χ4v) is 2.85. The molecule has 0 bridgehead atoms. The van der Waals surface area contributed by atoms with Crippen LogP contribution in [0.3, 0.4) is 0 Å². The first-order chi connectivity index (χ1) is 10.2. The molecule has 1 aliphatic rings. The molecule has 4 heteroatoms. The standard InChI is InChI=1S/C17H28N4/c1-15-8-7-13-21(14-15)12-6-5-11-19-17(18)20-16-9-3-2-4-10-16/h2-4,9-10,15H,5-8,11-14H2,1H3,(H3,18,19,20). The Morgan fingerprint density at radius 3 is 2.90 bits per heavy atom. The van der Waals surface area contributed by atoms with Gasteiger partial charge in [-0.3, -0.25) is 4.99 Å². The van der Waals surface area contributed by atoms with Crippen LogP contribution in [0.4, 0.5) is 5.69 Å². The highest BCUT2D eigenvalue weighted by molar-refractivity contribution is 5.92. The molecule has 2 rings (SSSR count). The van der Waals surface area contributed by atoms with Crippen molar-refractivity contribution in [3.63, 3.8) is 0 Å². The highest BCUT2D eigenvalue weighted by Crippen LogP contribution is 2.15. The van der Waals surface area contributed by atoms with Gasteiger partial charge in [-0.25, -0.2) is 0 Å². The van der Waals surface area contributed by atoms with Gasteiger partial charge < -0.3 is 16.0 Å². The summed E-state index contributed by atoms with van der Waals surface area (Å²) in [5.74, 6) is 1.37. The molecule has 1 heterocycles. The largest absolute Gasteiger partial charge is 0.370 e. The number of hydrogen-bond acceptors (Lipinski definition) is 2. The van der Waals surface area contributed by atoms with Crippen LogP contribution >= 0.6 is 0 Å². The average Bonchev–Trinajstić information content (AvgIpc) is 2.48. The summed E-state index contributed by atoms with van der Waals surface area (Å²) in [7, 11) is 0. The SMILES string of the molecule is CC1CCCN(CCCCN=C(N)Nc2ccccc2)C1. The van der Waals surface area contributed by atoms with Gasteiger partial charge in [0.2, 0.25) is 0 Å². The Labute approximate surface area is 128 Å².